The number of nitrogens with zero attached hydrogens (tertiary/aromatic N) is 1. The Bertz CT molecular complexity index is 573. The first kappa shape index (κ1) is 12.7. The van der Waals surface area contributed by atoms with Crippen molar-refractivity contribution in [2.45, 2.75) is 13.0 Å². The number of fused-ring (bicyclic) bond motifs is 1. The van der Waals surface area contributed by atoms with Gasteiger partial charge < -0.3 is 20.6 Å². The van der Waals surface area contributed by atoms with Crippen molar-refractivity contribution in [3.05, 3.63) is 28.7 Å². The average molecular weight is 251 g/mol. The van der Waals surface area contributed by atoms with Gasteiger partial charge in [0.2, 0.25) is 0 Å². The highest BCUT2D eigenvalue weighted by Gasteiger charge is 2.07. The highest BCUT2D eigenvalue weighted by atomic mass is 16.5. The molecule has 4 N–H and O–H groups in total. The first-order chi connectivity index (χ1) is 8.76. The molecule has 2 rings (SSSR count). The van der Waals surface area contributed by atoms with E-state index >= 15 is 0 Å². The van der Waals surface area contributed by atoms with Crippen molar-refractivity contribution in [2.24, 2.45) is 5.73 Å². The third-order valence-electron chi connectivity index (χ3n) is 2.67. The van der Waals surface area contributed by atoms with E-state index in [0.717, 1.165) is 11.0 Å². The second-order valence-corrected chi connectivity index (χ2v) is 3.98. The average Bonchev–Trinajstić information content (AvgIpc) is 2.67. The Morgan fingerprint density at radius 1 is 1.44 bits per heavy atom. The van der Waals surface area contributed by atoms with Crippen molar-refractivity contribution in [2.75, 3.05) is 19.8 Å². The Morgan fingerprint density at radius 3 is 3.00 bits per heavy atom. The molecule has 1 heterocycles. The van der Waals surface area contributed by atoms with Crippen LogP contribution in [0.15, 0.2) is 23.0 Å². The van der Waals surface area contributed by atoms with Crippen LogP contribution in [0.3, 0.4) is 0 Å². The minimum atomic E-state index is -0.164. The molecule has 98 valence electrons. The second-order valence-electron chi connectivity index (χ2n) is 3.98. The lowest BCUT2D eigenvalue weighted by atomic mass is 10.3. The van der Waals surface area contributed by atoms with Gasteiger partial charge in [0.1, 0.15) is 5.75 Å². The Morgan fingerprint density at radius 2 is 2.28 bits per heavy atom. The molecule has 6 heteroatoms. The predicted octanol–water partition coefficient (Wildman–Crippen LogP) is 0.0495. The molecular formula is C12H17N3O3. The number of rotatable bonds is 6. The van der Waals surface area contributed by atoms with Gasteiger partial charge in [-0.1, -0.05) is 0 Å². The van der Waals surface area contributed by atoms with Crippen LogP contribution in [0.1, 0.15) is 6.42 Å². The lowest BCUT2D eigenvalue weighted by molar-refractivity contribution is 0.233. The van der Waals surface area contributed by atoms with E-state index in [4.69, 9.17) is 15.6 Å². The number of H-pyrrole nitrogens is 1. The summed E-state index contributed by atoms with van der Waals surface area (Å²) in [7, 11) is 0. The monoisotopic (exact) mass is 251 g/mol. The number of nitrogens with one attached hydrogen (secondary N) is 1. The molecule has 0 unspecified atom stereocenters. The van der Waals surface area contributed by atoms with Crippen LogP contribution in [0.5, 0.6) is 5.75 Å². The quantitative estimate of drug-likeness (QED) is 0.632. The molecule has 1 aromatic carbocycles. The predicted molar refractivity (Wildman–Crippen MR) is 68.8 cm³/mol. The van der Waals surface area contributed by atoms with Gasteiger partial charge in [-0.05, 0) is 12.1 Å². The second kappa shape index (κ2) is 5.70. The molecular weight excluding hydrogens is 234 g/mol. The molecule has 0 saturated carbocycles. The summed E-state index contributed by atoms with van der Waals surface area (Å²) in [6.45, 7) is 1.43. The first-order valence-corrected chi connectivity index (χ1v) is 5.92. The highest BCUT2D eigenvalue weighted by Crippen LogP contribution is 2.18. The number of nitrogens with two attached hydrogens (primary N) is 1. The van der Waals surface area contributed by atoms with Crippen molar-refractivity contribution >= 4 is 11.0 Å². The van der Waals surface area contributed by atoms with Gasteiger partial charge in [0.25, 0.3) is 0 Å². The molecule has 0 radical (unpaired) electrons. The number of aromatic nitrogens is 2. The van der Waals surface area contributed by atoms with Crippen LogP contribution in [0.2, 0.25) is 0 Å². The van der Waals surface area contributed by atoms with Gasteiger partial charge in [-0.25, -0.2) is 4.79 Å². The molecule has 0 saturated heterocycles. The number of hydrogen-bond donors (Lipinski definition) is 3. The molecule has 0 bridgehead atoms. The summed E-state index contributed by atoms with van der Waals surface area (Å²) in [4.78, 5) is 14.4. The molecule has 0 fully saturated rings. The first-order valence-electron chi connectivity index (χ1n) is 5.92. The number of benzene rings is 1. The minimum absolute atomic E-state index is 0.101. The van der Waals surface area contributed by atoms with Gasteiger partial charge in [-0.3, -0.25) is 4.57 Å². The van der Waals surface area contributed by atoms with Gasteiger partial charge in [0.15, 0.2) is 0 Å². The lowest BCUT2D eigenvalue weighted by Gasteiger charge is -2.06. The van der Waals surface area contributed by atoms with Crippen LogP contribution in [-0.4, -0.2) is 34.4 Å². The van der Waals surface area contributed by atoms with E-state index in [1.165, 1.54) is 0 Å². The van der Waals surface area contributed by atoms with E-state index in [2.05, 4.69) is 4.98 Å². The number of imidazole rings is 1. The van der Waals surface area contributed by atoms with Crippen LogP contribution in [0, 0.1) is 0 Å². The van der Waals surface area contributed by atoms with Crippen molar-refractivity contribution in [3.63, 3.8) is 0 Å². The number of aliphatic hydroxyl groups excluding tert-OH is 1. The Balaban J connectivity index is 2.30. The lowest BCUT2D eigenvalue weighted by Crippen LogP contribution is -2.21. The van der Waals surface area contributed by atoms with Gasteiger partial charge in [0, 0.05) is 32.2 Å². The van der Waals surface area contributed by atoms with Crippen LogP contribution < -0.4 is 16.2 Å². The fourth-order valence-electron chi connectivity index (χ4n) is 1.83. The van der Waals surface area contributed by atoms with Crippen molar-refractivity contribution in [3.8, 4) is 5.75 Å². The fourth-order valence-corrected chi connectivity index (χ4v) is 1.83. The zero-order valence-corrected chi connectivity index (χ0v) is 10.1. The standard InChI is InChI=1S/C12H17N3O3/c13-4-5-15-11-8-9(18-7-1-6-16)2-3-10(11)14-12(15)17/h2-3,8,16H,1,4-7,13H2,(H,14,17). The zero-order valence-electron chi connectivity index (χ0n) is 10.1. The maximum atomic E-state index is 11.7. The maximum Gasteiger partial charge on any atom is 0.326 e. The van der Waals surface area contributed by atoms with Crippen LogP contribution >= 0.6 is 0 Å². The Labute approximate surface area is 104 Å². The van der Waals surface area contributed by atoms with Crippen LogP contribution in [0.4, 0.5) is 0 Å². The van der Waals surface area contributed by atoms with E-state index in [0.29, 0.717) is 31.9 Å². The molecule has 0 atom stereocenters. The molecule has 0 aliphatic carbocycles. The molecule has 2 aromatic rings. The molecule has 6 nitrogen and oxygen atoms in total. The van der Waals surface area contributed by atoms with E-state index < -0.39 is 0 Å². The molecule has 0 spiro atoms. The largest absolute Gasteiger partial charge is 0.493 e. The Kier molecular flexibility index (Phi) is 4.01. The van der Waals surface area contributed by atoms with E-state index in [9.17, 15) is 4.79 Å². The van der Waals surface area contributed by atoms with Crippen molar-refractivity contribution < 1.29 is 9.84 Å². The fraction of sp³-hybridized carbons (Fsp3) is 0.417. The van der Waals surface area contributed by atoms with E-state index in [1.54, 1.807) is 22.8 Å². The summed E-state index contributed by atoms with van der Waals surface area (Å²) in [5.74, 6) is 0.681. The summed E-state index contributed by atoms with van der Waals surface area (Å²) in [5, 5.41) is 8.69. The normalized spacial score (nSPS) is 11.0. The Hall–Kier alpha value is -1.79. The smallest absolute Gasteiger partial charge is 0.326 e. The molecule has 18 heavy (non-hydrogen) atoms. The van der Waals surface area contributed by atoms with Gasteiger partial charge >= 0.3 is 5.69 Å². The number of aliphatic hydroxyl groups is 1. The zero-order chi connectivity index (χ0) is 13.0. The molecule has 0 aliphatic rings. The van der Waals surface area contributed by atoms with E-state index in [-0.39, 0.29) is 12.3 Å². The number of aromatic amines is 1. The molecule has 1 aromatic heterocycles. The third-order valence-corrected chi connectivity index (χ3v) is 2.67. The summed E-state index contributed by atoms with van der Waals surface area (Å²) < 4.78 is 7.07. The molecule has 0 aliphatic heterocycles. The van der Waals surface area contributed by atoms with Crippen molar-refractivity contribution in [1.82, 2.24) is 9.55 Å². The van der Waals surface area contributed by atoms with Gasteiger partial charge in [-0.15, -0.1) is 0 Å². The number of hydrogen-bond acceptors (Lipinski definition) is 4. The van der Waals surface area contributed by atoms with Gasteiger partial charge in [-0.2, -0.15) is 0 Å². The highest BCUT2D eigenvalue weighted by molar-refractivity contribution is 5.76. The number of ether oxygens (including phenoxy) is 1. The third kappa shape index (κ3) is 2.55. The maximum absolute atomic E-state index is 11.7. The van der Waals surface area contributed by atoms with Gasteiger partial charge in [0.05, 0.1) is 17.6 Å². The van der Waals surface area contributed by atoms with Crippen LogP contribution in [-0.2, 0) is 6.54 Å². The summed E-state index contributed by atoms with van der Waals surface area (Å²) >= 11 is 0. The van der Waals surface area contributed by atoms with E-state index in [1.807, 2.05) is 0 Å². The topological polar surface area (TPSA) is 93.3 Å². The summed E-state index contributed by atoms with van der Waals surface area (Å²) in [5.41, 5.74) is 6.87. The molecule has 0 amide bonds. The van der Waals surface area contributed by atoms with Crippen molar-refractivity contribution in [1.29, 1.82) is 0 Å². The summed E-state index contributed by atoms with van der Waals surface area (Å²) in [6.07, 6.45) is 0.584. The summed E-state index contributed by atoms with van der Waals surface area (Å²) in [6, 6.07) is 5.40. The van der Waals surface area contributed by atoms with Crippen LogP contribution in [0.25, 0.3) is 11.0 Å². The minimum Gasteiger partial charge on any atom is -0.493 e. The SMILES string of the molecule is NCCn1c(=O)[nH]c2ccc(OCCCO)cc21.